The van der Waals surface area contributed by atoms with Crippen LogP contribution in [0.2, 0.25) is 0 Å². The zero-order valence-corrected chi connectivity index (χ0v) is 9.18. The summed E-state index contributed by atoms with van der Waals surface area (Å²) >= 11 is 1.58. The summed E-state index contributed by atoms with van der Waals surface area (Å²) in [6, 6.07) is 1.86. The third-order valence-corrected chi connectivity index (χ3v) is 2.75. The van der Waals surface area contributed by atoms with Crippen molar-refractivity contribution in [2.24, 2.45) is 5.84 Å². The number of hydrogen-bond donors (Lipinski definition) is 2. The number of nitrogen functional groups attached to an aromatic ring is 1. The van der Waals surface area contributed by atoms with Gasteiger partial charge in [0.1, 0.15) is 6.33 Å². The Morgan fingerprint density at radius 1 is 1.25 bits per heavy atom. The van der Waals surface area contributed by atoms with Crippen LogP contribution in [-0.2, 0) is 5.75 Å². The molecule has 0 saturated carbocycles. The molecule has 7 heteroatoms. The summed E-state index contributed by atoms with van der Waals surface area (Å²) < 4.78 is 0. The highest BCUT2D eigenvalue weighted by atomic mass is 32.2. The van der Waals surface area contributed by atoms with Gasteiger partial charge in [-0.2, -0.15) is 0 Å². The fourth-order valence-electron chi connectivity index (χ4n) is 1.02. The summed E-state index contributed by atoms with van der Waals surface area (Å²) in [6.45, 7) is 0. The second-order valence-corrected chi connectivity index (χ2v) is 3.87. The van der Waals surface area contributed by atoms with Crippen LogP contribution in [0.25, 0.3) is 0 Å². The second kappa shape index (κ2) is 5.38. The number of hydrogen-bond acceptors (Lipinski definition) is 7. The molecule has 0 aliphatic heterocycles. The van der Waals surface area contributed by atoms with Crippen LogP contribution in [0.1, 0.15) is 5.69 Å². The second-order valence-electron chi connectivity index (χ2n) is 2.87. The van der Waals surface area contributed by atoms with Gasteiger partial charge in [-0.1, -0.05) is 11.8 Å². The largest absolute Gasteiger partial charge is 0.307 e. The van der Waals surface area contributed by atoms with E-state index < -0.39 is 0 Å². The average Bonchev–Trinajstić information content (AvgIpc) is 2.38. The molecule has 0 atom stereocenters. The molecule has 0 unspecified atom stereocenters. The number of nitrogens with one attached hydrogen (secondary N) is 1. The number of nitrogens with zero attached hydrogens (tertiary/aromatic N) is 4. The van der Waals surface area contributed by atoms with Gasteiger partial charge in [-0.05, 0) is 6.07 Å². The highest BCUT2D eigenvalue weighted by Gasteiger charge is 1.99. The highest BCUT2D eigenvalue weighted by Crippen LogP contribution is 2.18. The zero-order chi connectivity index (χ0) is 11.2. The van der Waals surface area contributed by atoms with Crippen molar-refractivity contribution in [3.63, 3.8) is 0 Å². The lowest BCUT2D eigenvalue weighted by atomic mass is 10.5. The molecule has 0 spiro atoms. The highest BCUT2D eigenvalue weighted by molar-refractivity contribution is 7.98. The lowest BCUT2D eigenvalue weighted by Gasteiger charge is -2.01. The van der Waals surface area contributed by atoms with Crippen molar-refractivity contribution in [2.45, 2.75) is 10.8 Å². The van der Waals surface area contributed by atoms with Gasteiger partial charge in [-0.25, -0.2) is 20.8 Å². The maximum atomic E-state index is 5.19. The van der Waals surface area contributed by atoms with Gasteiger partial charge in [0.25, 0.3) is 0 Å². The van der Waals surface area contributed by atoms with E-state index in [-0.39, 0.29) is 0 Å². The first-order valence-electron chi connectivity index (χ1n) is 4.55. The van der Waals surface area contributed by atoms with Crippen molar-refractivity contribution < 1.29 is 0 Å². The Morgan fingerprint density at radius 3 is 2.81 bits per heavy atom. The molecule has 2 aromatic heterocycles. The summed E-state index contributed by atoms with van der Waals surface area (Å²) in [5, 5.41) is 0.915. The number of aromatic nitrogens is 4. The molecule has 0 aromatic carbocycles. The van der Waals surface area contributed by atoms with E-state index in [1.54, 1.807) is 30.4 Å². The van der Waals surface area contributed by atoms with Crippen LogP contribution in [-0.4, -0.2) is 19.9 Å². The predicted molar refractivity (Wildman–Crippen MR) is 61.4 cm³/mol. The smallest absolute Gasteiger partial charge is 0.158 e. The summed E-state index contributed by atoms with van der Waals surface area (Å²) in [6.07, 6.45) is 6.51. The summed E-state index contributed by atoms with van der Waals surface area (Å²) in [5.41, 5.74) is 3.30. The van der Waals surface area contributed by atoms with E-state index in [0.29, 0.717) is 5.82 Å². The van der Waals surface area contributed by atoms with E-state index in [1.165, 1.54) is 6.33 Å². The number of hydrazine groups is 1. The maximum Gasteiger partial charge on any atom is 0.158 e. The first-order valence-corrected chi connectivity index (χ1v) is 5.53. The van der Waals surface area contributed by atoms with Gasteiger partial charge in [0.2, 0.25) is 0 Å². The molecule has 0 saturated heterocycles. The Balaban J connectivity index is 1.94. The minimum Gasteiger partial charge on any atom is -0.307 e. The van der Waals surface area contributed by atoms with Crippen LogP contribution in [0.5, 0.6) is 0 Å². The van der Waals surface area contributed by atoms with Crippen LogP contribution in [0.15, 0.2) is 36.0 Å². The van der Waals surface area contributed by atoms with Crippen molar-refractivity contribution in [2.75, 3.05) is 5.43 Å². The molecular formula is C9H10N6S. The molecule has 0 radical (unpaired) electrons. The molecule has 3 N–H and O–H groups in total. The van der Waals surface area contributed by atoms with Crippen LogP contribution >= 0.6 is 11.8 Å². The van der Waals surface area contributed by atoms with Crippen molar-refractivity contribution in [3.8, 4) is 0 Å². The van der Waals surface area contributed by atoms with Gasteiger partial charge >= 0.3 is 0 Å². The van der Waals surface area contributed by atoms with E-state index in [2.05, 4.69) is 25.4 Å². The van der Waals surface area contributed by atoms with Crippen molar-refractivity contribution in [3.05, 3.63) is 36.7 Å². The molecular weight excluding hydrogens is 224 g/mol. The molecule has 2 rings (SSSR count). The lowest BCUT2D eigenvalue weighted by Crippen LogP contribution is -2.08. The molecule has 0 fully saturated rings. The topological polar surface area (TPSA) is 89.6 Å². The summed E-state index contributed by atoms with van der Waals surface area (Å²) in [5.74, 6) is 6.46. The average molecular weight is 234 g/mol. The summed E-state index contributed by atoms with van der Waals surface area (Å²) in [7, 11) is 0. The molecule has 0 bridgehead atoms. The predicted octanol–water partition coefficient (Wildman–Crippen LogP) is 0.845. The molecule has 0 aliphatic carbocycles. The quantitative estimate of drug-likeness (QED) is 0.350. The Bertz CT molecular complexity index is 432. The normalized spacial score (nSPS) is 10.1. The van der Waals surface area contributed by atoms with Crippen molar-refractivity contribution in [1.29, 1.82) is 0 Å². The molecule has 82 valence electrons. The SMILES string of the molecule is NNc1cnc(CSc2ccncn2)cn1. The van der Waals surface area contributed by atoms with Gasteiger partial charge in [-0.3, -0.25) is 4.98 Å². The minimum atomic E-state index is 0.552. The standard InChI is InChI=1S/C9H10N6S/c10-15-8-4-12-7(3-13-8)5-16-9-1-2-11-6-14-9/h1-4,6H,5,10H2,(H,13,15). The first kappa shape index (κ1) is 10.8. The number of rotatable bonds is 4. The fraction of sp³-hybridized carbons (Fsp3) is 0.111. The molecule has 0 amide bonds. The number of nitrogens with two attached hydrogens (primary N) is 1. The van der Waals surface area contributed by atoms with Crippen LogP contribution in [0.3, 0.4) is 0 Å². The Hall–Kier alpha value is -1.73. The van der Waals surface area contributed by atoms with Gasteiger partial charge in [0.05, 0.1) is 23.1 Å². The molecule has 16 heavy (non-hydrogen) atoms. The van der Waals surface area contributed by atoms with Gasteiger partial charge in [0.15, 0.2) is 5.82 Å². The maximum absolute atomic E-state index is 5.19. The molecule has 2 aromatic rings. The minimum absolute atomic E-state index is 0.552. The van der Waals surface area contributed by atoms with E-state index in [4.69, 9.17) is 5.84 Å². The van der Waals surface area contributed by atoms with Gasteiger partial charge in [-0.15, -0.1) is 0 Å². The zero-order valence-electron chi connectivity index (χ0n) is 8.37. The van der Waals surface area contributed by atoms with Crippen molar-refractivity contribution >= 4 is 17.6 Å². The first-order chi connectivity index (χ1) is 7.88. The third-order valence-electron chi connectivity index (χ3n) is 1.78. The number of anilines is 1. The van der Waals surface area contributed by atoms with Crippen LogP contribution in [0, 0.1) is 0 Å². The summed E-state index contributed by atoms with van der Waals surface area (Å²) in [4.78, 5) is 16.2. The number of thioether (sulfide) groups is 1. The van der Waals surface area contributed by atoms with E-state index in [9.17, 15) is 0 Å². The van der Waals surface area contributed by atoms with Gasteiger partial charge < -0.3 is 5.43 Å². The fourth-order valence-corrected chi connectivity index (χ4v) is 1.74. The van der Waals surface area contributed by atoms with E-state index >= 15 is 0 Å². The molecule has 0 aliphatic rings. The molecule has 6 nitrogen and oxygen atoms in total. The molecule has 2 heterocycles. The van der Waals surface area contributed by atoms with Crippen LogP contribution in [0.4, 0.5) is 5.82 Å². The van der Waals surface area contributed by atoms with Crippen molar-refractivity contribution in [1.82, 2.24) is 19.9 Å². The Kier molecular flexibility index (Phi) is 3.62. The van der Waals surface area contributed by atoms with E-state index in [1.807, 2.05) is 6.07 Å². The van der Waals surface area contributed by atoms with Crippen LogP contribution < -0.4 is 11.3 Å². The monoisotopic (exact) mass is 234 g/mol. The van der Waals surface area contributed by atoms with E-state index in [0.717, 1.165) is 16.5 Å². The third kappa shape index (κ3) is 2.88. The Morgan fingerprint density at radius 2 is 2.19 bits per heavy atom. The van der Waals surface area contributed by atoms with Gasteiger partial charge in [0, 0.05) is 11.9 Å². The lowest BCUT2D eigenvalue weighted by molar-refractivity contribution is 1.04. The Labute approximate surface area is 96.7 Å².